The van der Waals surface area contributed by atoms with Gasteiger partial charge in [0.25, 0.3) is 0 Å². The Labute approximate surface area is 116 Å². The molecule has 0 aliphatic carbocycles. The van der Waals surface area contributed by atoms with Gasteiger partial charge in [0.05, 0.1) is 6.54 Å². The second kappa shape index (κ2) is 5.34. The van der Waals surface area contributed by atoms with Gasteiger partial charge in [-0.05, 0) is 12.3 Å². The van der Waals surface area contributed by atoms with Crippen molar-refractivity contribution < 1.29 is 4.79 Å². The summed E-state index contributed by atoms with van der Waals surface area (Å²) in [7, 11) is 0. The lowest BCUT2D eigenvalue weighted by Crippen LogP contribution is -2.64. The van der Waals surface area contributed by atoms with Crippen LogP contribution < -0.4 is 10.2 Å². The molecular weight excluding hydrogens is 262 g/mol. The van der Waals surface area contributed by atoms with Crippen LogP contribution >= 0.6 is 11.8 Å². The zero-order valence-corrected chi connectivity index (χ0v) is 11.7. The molecule has 6 nitrogen and oxygen atoms in total. The van der Waals surface area contributed by atoms with Crippen molar-refractivity contribution in [3.8, 4) is 0 Å². The van der Waals surface area contributed by atoms with Gasteiger partial charge in [0.2, 0.25) is 5.91 Å². The largest absolute Gasteiger partial charge is 0.354 e. The van der Waals surface area contributed by atoms with E-state index in [2.05, 4.69) is 25.1 Å². The third-order valence-electron chi connectivity index (χ3n) is 3.57. The van der Waals surface area contributed by atoms with E-state index in [-0.39, 0.29) is 5.91 Å². The molecule has 0 atom stereocenters. The molecule has 0 saturated carbocycles. The van der Waals surface area contributed by atoms with E-state index in [1.54, 1.807) is 18.0 Å². The number of aromatic nitrogens is 2. The number of piperazine rings is 1. The topological polar surface area (TPSA) is 61.4 Å². The number of thioether (sulfide) groups is 1. The van der Waals surface area contributed by atoms with Gasteiger partial charge in [0, 0.05) is 38.4 Å². The molecule has 1 aromatic rings. The van der Waals surface area contributed by atoms with Crippen molar-refractivity contribution in [1.82, 2.24) is 20.2 Å². The summed E-state index contributed by atoms with van der Waals surface area (Å²) in [6.45, 7) is 4.12. The normalized spacial score (nSPS) is 21.1. The fourth-order valence-corrected chi connectivity index (χ4v) is 2.80. The second-order valence-corrected chi connectivity index (χ2v) is 5.55. The van der Waals surface area contributed by atoms with Gasteiger partial charge < -0.3 is 10.2 Å². The molecule has 19 heavy (non-hydrogen) atoms. The molecule has 2 aliphatic rings. The lowest BCUT2D eigenvalue weighted by atomic mass is 10.1. The van der Waals surface area contributed by atoms with Crippen molar-refractivity contribution >= 4 is 23.5 Å². The molecule has 0 bridgehead atoms. The van der Waals surface area contributed by atoms with Crippen molar-refractivity contribution in [1.29, 1.82) is 0 Å². The number of nitrogens with one attached hydrogen (secondary N) is 1. The summed E-state index contributed by atoms with van der Waals surface area (Å²) in [6, 6.07) is 2.41. The van der Waals surface area contributed by atoms with Gasteiger partial charge in [-0.3, -0.25) is 9.69 Å². The Morgan fingerprint density at radius 1 is 1.47 bits per heavy atom. The molecule has 102 valence electrons. The van der Waals surface area contributed by atoms with Crippen molar-refractivity contribution in [2.45, 2.75) is 11.2 Å². The average Bonchev–Trinajstić information content (AvgIpc) is 2.37. The summed E-state index contributed by atoms with van der Waals surface area (Å²) in [5.41, 5.74) is 0. The lowest BCUT2D eigenvalue weighted by Gasteiger charge is -2.46. The molecule has 0 aromatic carbocycles. The summed E-state index contributed by atoms with van der Waals surface area (Å²) in [5, 5.41) is 3.66. The van der Waals surface area contributed by atoms with Crippen LogP contribution in [0.4, 0.5) is 5.82 Å². The Hall–Kier alpha value is -1.34. The van der Waals surface area contributed by atoms with Gasteiger partial charge in [0.1, 0.15) is 5.82 Å². The number of anilines is 1. The van der Waals surface area contributed by atoms with Crippen molar-refractivity contribution in [2.24, 2.45) is 0 Å². The Kier molecular flexibility index (Phi) is 3.56. The highest BCUT2D eigenvalue weighted by Crippen LogP contribution is 2.23. The first-order valence-corrected chi connectivity index (χ1v) is 7.61. The summed E-state index contributed by atoms with van der Waals surface area (Å²) in [6.07, 6.45) is 3.78. The Balaban J connectivity index is 1.58. The first kappa shape index (κ1) is 12.7. The minimum Gasteiger partial charge on any atom is -0.354 e. The molecule has 2 aliphatic heterocycles. The molecular formula is C12H17N5OS. The Bertz CT molecular complexity index is 477. The van der Waals surface area contributed by atoms with Crippen LogP contribution in [-0.4, -0.2) is 65.8 Å². The molecule has 2 saturated heterocycles. The van der Waals surface area contributed by atoms with Crippen molar-refractivity contribution in [2.75, 3.05) is 43.9 Å². The number of carbonyl (C=O) groups is 1. The summed E-state index contributed by atoms with van der Waals surface area (Å²) in [5.74, 6) is 1.12. The SMILES string of the molecule is CSc1nccc(N2CC(N3CCNC(=O)C3)C2)n1. The minimum absolute atomic E-state index is 0.136. The number of rotatable bonds is 3. The maximum Gasteiger partial charge on any atom is 0.234 e. The van der Waals surface area contributed by atoms with Gasteiger partial charge >= 0.3 is 0 Å². The lowest BCUT2D eigenvalue weighted by molar-refractivity contribution is -0.125. The van der Waals surface area contributed by atoms with Crippen LogP contribution in [0, 0.1) is 0 Å². The third kappa shape index (κ3) is 2.66. The van der Waals surface area contributed by atoms with Gasteiger partial charge in [-0.1, -0.05) is 11.8 Å². The molecule has 1 aromatic heterocycles. The van der Waals surface area contributed by atoms with E-state index < -0.39 is 0 Å². The molecule has 1 N–H and O–H groups in total. The monoisotopic (exact) mass is 279 g/mol. The predicted octanol–water partition coefficient (Wildman–Crippen LogP) is -0.181. The Morgan fingerprint density at radius 3 is 3.05 bits per heavy atom. The van der Waals surface area contributed by atoms with Crippen LogP contribution in [0.5, 0.6) is 0 Å². The van der Waals surface area contributed by atoms with Crippen LogP contribution in [0.1, 0.15) is 0 Å². The van der Waals surface area contributed by atoms with Crippen LogP contribution in [0.15, 0.2) is 17.4 Å². The number of amides is 1. The van der Waals surface area contributed by atoms with Crippen LogP contribution in [0.2, 0.25) is 0 Å². The van der Waals surface area contributed by atoms with Crippen LogP contribution in [0.3, 0.4) is 0 Å². The molecule has 0 radical (unpaired) electrons. The van der Waals surface area contributed by atoms with E-state index in [1.165, 1.54) is 0 Å². The van der Waals surface area contributed by atoms with Crippen LogP contribution in [0.25, 0.3) is 0 Å². The van der Waals surface area contributed by atoms with Gasteiger partial charge in [-0.2, -0.15) is 0 Å². The number of nitrogens with zero attached hydrogens (tertiary/aromatic N) is 4. The first-order valence-electron chi connectivity index (χ1n) is 6.39. The van der Waals surface area contributed by atoms with E-state index in [1.807, 2.05) is 12.3 Å². The average molecular weight is 279 g/mol. The molecule has 3 heterocycles. The summed E-state index contributed by atoms with van der Waals surface area (Å²) < 4.78 is 0. The minimum atomic E-state index is 0.136. The number of carbonyl (C=O) groups excluding carboxylic acids is 1. The zero-order valence-electron chi connectivity index (χ0n) is 10.9. The summed E-state index contributed by atoms with van der Waals surface area (Å²) >= 11 is 1.55. The van der Waals surface area contributed by atoms with E-state index in [0.29, 0.717) is 12.6 Å². The maximum absolute atomic E-state index is 11.4. The quantitative estimate of drug-likeness (QED) is 0.612. The standard InChI is InChI=1S/C12H17N5OS/c1-19-12-14-3-2-10(15-12)17-6-9(7-17)16-5-4-13-11(18)8-16/h2-3,9H,4-8H2,1H3,(H,13,18). The third-order valence-corrected chi connectivity index (χ3v) is 4.13. The predicted molar refractivity (Wildman–Crippen MR) is 74.4 cm³/mol. The highest BCUT2D eigenvalue weighted by Gasteiger charge is 2.34. The first-order chi connectivity index (χ1) is 9.26. The van der Waals surface area contributed by atoms with E-state index in [0.717, 1.165) is 37.2 Å². The molecule has 2 fully saturated rings. The zero-order chi connectivity index (χ0) is 13.2. The van der Waals surface area contributed by atoms with E-state index in [4.69, 9.17) is 0 Å². The highest BCUT2D eigenvalue weighted by atomic mass is 32.2. The van der Waals surface area contributed by atoms with Gasteiger partial charge in [-0.15, -0.1) is 0 Å². The highest BCUT2D eigenvalue weighted by molar-refractivity contribution is 7.98. The van der Waals surface area contributed by atoms with Crippen molar-refractivity contribution in [3.05, 3.63) is 12.3 Å². The number of hydrogen-bond donors (Lipinski definition) is 1. The van der Waals surface area contributed by atoms with E-state index in [9.17, 15) is 4.79 Å². The molecule has 3 rings (SSSR count). The second-order valence-electron chi connectivity index (χ2n) is 4.78. The Morgan fingerprint density at radius 2 is 2.32 bits per heavy atom. The maximum atomic E-state index is 11.4. The van der Waals surface area contributed by atoms with Crippen LogP contribution in [-0.2, 0) is 4.79 Å². The summed E-state index contributed by atoms with van der Waals surface area (Å²) in [4.78, 5) is 24.5. The van der Waals surface area contributed by atoms with E-state index >= 15 is 0 Å². The molecule has 1 amide bonds. The fraction of sp³-hybridized carbons (Fsp3) is 0.583. The molecule has 0 spiro atoms. The van der Waals surface area contributed by atoms with Gasteiger partial charge in [-0.25, -0.2) is 9.97 Å². The smallest absolute Gasteiger partial charge is 0.234 e. The van der Waals surface area contributed by atoms with Crippen molar-refractivity contribution in [3.63, 3.8) is 0 Å². The molecule has 0 unspecified atom stereocenters. The molecule has 7 heteroatoms. The van der Waals surface area contributed by atoms with Gasteiger partial charge in [0.15, 0.2) is 5.16 Å². The number of hydrogen-bond acceptors (Lipinski definition) is 6. The fourth-order valence-electron chi connectivity index (χ4n) is 2.45.